The zero-order chi connectivity index (χ0) is 23.9. The number of carbonyl (C=O) groups is 4. The van der Waals surface area contributed by atoms with E-state index in [0.29, 0.717) is 28.7 Å². The Labute approximate surface area is 196 Å². The summed E-state index contributed by atoms with van der Waals surface area (Å²) in [7, 11) is 1.51. The molecule has 1 fully saturated rings. The summed E-state index contributed by atoms with van der Waals surface area (Å²) in [5, 5.41) is 12.8. The zero-order valence-electron chi connectivity index (χ0n) is 18.9. The first-order chi connectivity index (χ1) is 16.3. The number of phenols is 1. The first-order valence-electron chi connectivity index (χ1n) is 11.5. The van der Waals surface area contributed by atoms with Gasteiger partial charge in [0.2, 0.25) is 11.8 Å². The van der Waals surface area contributed by atoms with E-state index >= 15 is 0 Å². The molecule has 0 saturated carbocycles. The number of ketones is 2. The molecule has 1 heterocycles. The molecule has 0 unspecified atom stereocenters. The van der Waals surface area contributed by atoms with Crippen LogP contribution in [0.15, 0.2) is 70.8 Å². The molecule has 3 aliphatic carbocycles. The molecule has 2 amide bonds. The maximum atomic E-state index is 13.4. The van der Waals surface area contributed by atoms with Gasteiger partial charge in [0.25, 0.3) is 0 Å². The van der Waals surface area contributed by atoms with E-state index in [9.17, 15) is 24.3 Å². The lowest BCUT2D eigenvalue weighted by molar-refractivity contribution is -0.138. The second-order valence-electron chi connectivity index (χ2n) is 9.68. The molecular weight excluding hydrogens is 430 g/mol. The van der Waals surface area contributed by atoms with Crippen LogP contribution in [0.25, 0.3) is 10.8 Å². The van der Waals surface area contributed by atoms with Crippen LogP contribution in [-0.2, 0) is 19.2 Å². The third-order valence-electron chi connectivity index (χ3n) is 8.02. The predicted molar refractivity (Wildman–Crippen MR) is 125 cm³/mol. The Bertz CT molecular complexity index is 1440. The smallest absolute Gasteiger partial charge is 0.233 e. The Balaban J connectivity index is 1.64. The van der Waals surface area contributed by atoms with Crippen LogP contribution >= 0.6 is 0 Å². The molecule has 6 heteroatoms. The number of Topliss-reactive ketones (excluding diaryl/α,β-unsaturated/α-hetero) is 1. The average molecular weight is 453 g/mol. The Hall–Kier alpha value is -3.80. The fourth-order valence-corrected chi connectivity index (χ4v) is 6.46. The van der Waals surface area contributed by atoms with Gasteiger partial charge >= 0.3 is 0 Å². The SMILES string of the molecule is CC1=CC(=O)C2=C(C[C@@H]3C(=CC[C@@H]4C(=O)N(C)C(=O)[C@@H]43)[C@@H]2c2c(O)ccc3ccccc23)C1=O. The topological polar surface area (TPSA) is 91.8 Å². The lowest BCUT2D eigenvalue weighted by Gasteiger charge is -2.42. The quantitative estimate of drug-likeness (QED) is 0.405. The molecule has 2 aromatic carbocycles. The number of likely N-dealkylation sites (tertiary alicyclic amines) is 1. The molecule has 1 saturated heterocycles. The van der Waals surface area contributed by atoms with Crippen LogP contribution in [0.1, 0.15) is 31.2 Å². The van der Waals surface area contributed by atoms with Gasteiger partial charge in [0.1, 0.15) is 5.75 Å². The van der Waals surface area contributed by atoms with Crippen molar-refractivity contribution in [1.29, 1.82) is 0 Å². The molecule has 170 valence electrons. The van der Waals surface area contributed by atoms with E-state index in [1.54, 1.807) is 13.0 Å². The van der Waals surface area contributed by atoms with Crippen molar-refractivity contribution < 1.29 is 24.3 Å². The van der Waals surface area contributed by atoms with Crippen LogP contribution in [0.3, 0.4) is 0 Å². The fourth-order valence-electron chi connectivity index (χ4n) is 6.46. The number of imide groups is 1. The fraction of sp³-hybridized carbons (Fsp3) is 0.286. The van der Waals surface area contributed by atoms with Crippen molar-refractivity contribution in [3.05, 3.63) is 76.4 Å². The molecule has 1 aliphatic heterocycles. The maximum absolute atomic E-state index is 13.4. The highest BCUT2D eigenvalue weighted by molar-refractivity contribution is 6.24. The summed E-state index contributed by atoms with van der Waals surface area (Å²) in [6.45, 7) is 1.63. The normalized spacial score (nSPS) is 28.6. The molecule has 0 aromatic heterocycles. The first-order valence-corrected chi connectivity index (χ1v) is 11.5. The highest BCUT2D eigenvalue weighted by atomic mass is 16.3. The number of benzene rings is 2. The first kappa shape index (κ1) is 20.8. The van der Waals surface area contributed by atoms with Gasteiger partial charge in [-0.2, -0.15) is 0 Å². The molecule has 4 atom stereocenters. The van der Waals surface area contributed by atoms with E-state index in [4.69, 9.17) is 0 Å². The second-order valence-corrected chi connectivity index (χ2v) is 9.68. The lowest BCUT2D eigenvalue weighted by atomic mass is 9.59. The Morgan fingerprint density at radius 2 is 1.74 bits per heavy atom. The predicted octanol–water partition coefficient (Wildman–Crippen LogP) is 3.60. The summed E-state index contributed by atoms with van der Waals surface area (Å²) in [5.74, 6) is -2.91. The van der Waals surface area contributed by atoms with Gasteiger partial charge in [-0.3, -0.25) is 24.1 Å². The Morgan fingerprint density at radius 1 is 0.971 bits per heavy atom. The minimum Gasteiger partial charge on any atom is -0.508 e. The minimum atomic E-state index is -0.657. The zero-order valence-corrected chi connectivity index (χ0v) is 18.9. The van der Waals surface area contributed by atoms with Crippen molar-refractivity contribution in [2.24, 2.45) is 17.8 Å². The molecule has 6 nitrogen and oxygen atoms in total. The van der Waals surface area contributed by atoms with Crippen molar-refractivity contribution in [2.75, 3.05) is 7.05 Å². The number of nitrogens with zero attached hydrogens (tertiary/aromatic N) is 1. The number of rotatable bonds is 1. The standard InChI is InChI=1S/C28H23NO5/c1-13-11-21(31)24-19(26(13)32)12-18-16(8-9-17-22(18)28(34)29(2)27(17)33)25(24)23-15-6-4-3-5-14(15)7-10-20(23)30/h3-8,10-11,17-18,22,25,30H,9,12H2,1-2H3/t17-,18+,22-,25+/m0/s1. The summed E-state index contributed by atoms with van der Waals surface area (Å²) >= 11 is 0. The summed E-state index contributed by atoms with van der Waals surface area (Å²) in [6, 6.07) is 11.0. The summed E-state index contributed by atoms with van der Waals surface area (Å²) in [5.41, 5.74) is 2.57. The number of fused-ring (bicyclic) bond motifs is 4. The van der Waals surface area contributed by atoms with Gasteiger partial charge in [0, 0.05) is 35.2 Å². The summed E-state index contributed by atoms with van der Waals surface area (Å²) in [4.78, 5) is 53.7. The number of carbonyl (C=O) groups excluding carboxylic acids is 4. The van der Waals surface area contributed by atoms with Gasteiger partial charge in [0.05, 0.1) is 11.8 Å². The van der Waals surface area contributed by atoms with Gasteiger partial charge in [-0.15, -0.1) is 0 Å². The van der Waals surface area contributed by atoms with Crippen molar-refractivity contribution in [3.8, 4) is 5.75 Å². The number of hydrogen-bond donors (Lipinski definition) is 1. The average Bonchev–Trinajstić information content (AvgIpc) is 3.05. The molecule has 0 radical (unpaired) electrons. The Kier molecular flexibility index (Phi) is 4.34. The molecule has 0 spiro atoms. The second kappa shape index (κ2) is 7.10. The van der Waals surface area contributed by atoms with E-state index in [1.165, 1.54) is 18.0 Å². The van der Waals surface area contributed by atoms with Gasteiger partial charge < -0.3 is 5.11 Å². The van der Waals surface area contributed by atoms with E-state index in [1.807, 2.05) is 36.4 Å². The maximum Gasteiger partial charge on any atom is 0.233 e. The van der Waals surface area contributed by atoms with E-state index < -0.39 is 17.8 Å². The number of phenolic OH excluding ortho intramolecular Hbond substituents is 1. The van der Waals surface area contributed by atoms with Crippen LogP contribution in [0.4, 0.5) is 0 Å². The number of aromatic hydroxyl groups is 1. The minimum absolute atomic E-state index is 0.0386. The summed E-state index contributed by atoms with van der Waals surface area (Å²) in [6.07, 6.45) is 3.98. The highest BCUT2D eigenvalue weighted by Crippen LogP contribution is 2.56. The van der Waals surface area contributed by atoms with Crippen LogP contribution in [0, 0.1) is 17.8 Å². The van der Waals surface area contributed by atoms with Gasteiger partial charge in [-0.1, -0.05) is 42.0 Å². The van der Waals surface area contributed by atoms with Crippen LogP contribution < -0.4 is 0 Å². The van der Waals surface area contributed by atoms with Gasteiger partial charge in [-0.05, 0) is 48.6 Å². The largest absolute Gasteiger partial charge is 0.508 e. The van der Waals surface area contributed by atoms with Crippen molar-refractivity contribution in [2.45, 2.75) is 25.7 Å². The lowest BCUT2D eigenvalue weighted by Crippen LogP contribution is -2.39. The summed E-state index contributed by atoms with van der Waals surface area (Å²) < 4.78 is 0. The third-order valence-corrected chi connectivity index (χ3v) is 8.02. The van der Waals surface area contributed by atoms with E-state index in [0.717, 1.165) is 16.3 Å². The number of amides is 2. The van der Waals surface area contributed by atoms with E-state index in [2.05, 4.69) is 0 Å². The number of hydrogen-bond acceptors (Lipinski definition) is 5. The van der Waals surface area contributed by atoms with Crippen LogP contribution in [-0.4, -0.2) is 40.4 Å². The molecule has 2 aromatic rings. The van der Waals surface area contributed by atoms with Crippen molar-refractivity contribution in [1.82, 2.24) is 4.90 Å². The molecule has 1 N–H and O–H groups in total. The Morgan fingerprint density at radius 3 is 2.53 bits per heavy atom. The van der Waals surface area contributed by atoms with Crippen LogP contribution in [0.5, 0.6) is 5.75 Å². The van der Waals surface area contributed by atoms with E-state index in [-0.39, 0.29) is 41.5 Å². The van der Waals surface area contributed by atoms with Crippen LogP contribution in [0.2, 0.25) is 0 Å². The molecule has 4 aliphatic rings. The highest BCUT2D eigenvalue weighted by Gasteiger charge is 2.55. The molecule has 0 bridgehead atoms. The van der Waals surface area contributed by atoms with Crippen molar-refractivity contribution in [3.63, 3.8) is 0 Å². The molecular formula is C28H23NO5. The molecule has 34 heavy (non-hydrogen) atoms. The van der Waals surface area contributed by atoms with Gasteiger partial charge in [0.15, 0.2) is 11.6 Å². The van der Waals surface area contributed by atoms with Gasteiger partial charge in [-0.25, -0.2) is 0 Å². The number of allylic oxidation sites excluding steroid dienone is 6. The monoisotopic (exact) mass is 453 g/mol. The molecule has 6 rings (SSSR count). The van der Waals surface area contributed by atoms with Crippen molar-refractivity contribution >= 4 is 34.2 Å². The third kappa shape index (κ3) is 2.62.